The summed E-state index contributed by atoms with van der Waals surface area (Å²) in [4.78, 5) is 12.5. The summed E-state index contributed by atoms with van der Waals surface area (Å²) >= 11 is 6.15. The summed E-state index contributed by atoms with van der Waals surface area (Å²) in [5.74, 6) is 0.952. The molecule has 1 aliphatic carbocycles. The van der Waals surface area contributed by atoms with E-state index in [1.165, 1.54) is 45.3 Å². The first-order valence-electron chi connectivity index (χ1n) is 10.7. The summed E-state index contributed by atoms with van der Waals surface area (Å²) in [6.07, 6.45) is 3.17. The van der Waals surface area contributed by atoms with Crippen LogP contribution in [0.5, 0.6) is 11.5 Å². The van der Waals surface area contributed by atoms with Crippen molar-refractivity contribution < 1.29 is 27.4 Å². The van der Waals surface area contributed by atoms with Gasteiger partial charge in [-0.3, -0.25) is 9.52 Å². The number of anilines is 1. The van der Waals surface area contributed by atoms with Crippen molar-refractivity contribution in [1.82, 2.24) is 5.32 Å². The average molecular weight is 497 g/mol. The third kappa shape index (κ3) is 6.75. The van der Waals surface area contributed by atoms with Gasteiger partial charge in [0.05, 0.1) is 29.8 Å². The largest absolute Gasteiger partial charge is 0.495 e. The SMILES string of the molecule is COc1cc(OC)c(NS(=O)(=O)c2cc(C(=O)NCCCOCC3CC3)ccc2C)cc1Cl. The highest BCUT2D eigenvalue weighted by molar-refractivity contribution is 7.92. The van der Waals surface area contributed by atoms with Crippen molar-refractivity contribution in [3.63, 3.8) is 0 Å². The zero-order chi connectivity index (χ0) is 24.0. The van der Waals surface area contributed by atoms with Crippen LogP contribution in [0, 0.1) is 12.8 Å². The van der Waals surface area contributed by atoms with Gasteiger partial charge in [-0.05, 0) is 55.9 Å². The molecule has 33 heavy (non-hydrogen) atoms. The molecule has 3 rings (SSSR count). The molecule has 2 aromatic carbocycles. The number of ether oxygens (including phenoxy) is 3. The van der Waals surface area contributed by atoms with Gasteiger partial charge in [0.15, 0.2) is 0 Å². The Morgan fingerprint density at radius 1 is 1.12 bits per heavy atom. The highest BCUT2D eigenvalue weighted by Gasteiger charge is 2.22. The second-order valence-corrected chi connectivity index (χ2v) is 9.96. The number of methoxy groups -OCH3 is 2. The molecule has 0 atom stereocenters. The molecule has 0 aromatic heterocycles. The van der Waals surface area contributed by atoms with Crippen molar-refractivity contribution in [2.75, 3.05) is 38.7 Å². The molecule has 8 nitrogen and oxygen atoms in total. The van der Waals surface area contributed by atoms with E-state index in [-0.39, 0.29) is 32.8 Å². The number of carbonyl (C=O) groups is 1. The van der Waals surface area contributed by atoms with Gasteiger partial charge in [-0.25, -0.2) is 8.42 Å². The number of rotatable bonds is 12. The summed E-state index contributed by atoms with van der Waals surface area (Å²) in [5.41, 5.74) is 0.898. The Morgan fingerprint density at radius 2 is 1.85 bits per heavy atom. The molecule has 10 heteroatoms. The van der Waals surface area contributed by atoms with Gasteiger partial charge in [0.25, 0.3) is 15.9 Å². The van der Waals surface area contributed by atoms with Crippen molar-refractivity contribution in [1.29, 1.82) is 0 Å². The number of nitrogens with one attached hydrogen (secondary N) is 2. The predicted molar refractivity (Wildman–Crippen MR) is 127 cm³/mol. The summed E-state index contributed by atoms with van der Waals surface area (Å²) in [5, 5.41) is 3.03. The van der Waals surface area contributed by atoms with E-state index < -0.39 is 10.0 Å². The number of hydrogen-bond acceptors (Lipinski definition) is 6. The summed E-state index contributed by atoms with van der Waals surface area (Å²) in [7, 11) is -1.17. The third-order valence-electron chi connectivity index (χ3n) is 5.26. The van der Waals surface area contributed by atoms with E-state index in [4.69, 9.17) is 25.8 Å². The minimum absolute atomic E-state index is 0.0167. The maximum atomic E-state index is 13.1. The van der Waals surface area contributed by atoms with E-state index in [1.807, 2.05) is 0 Å². The molecule has 2 N–H and O–H groups in total. The molecule has 1 saturated carbocycles. The van der Waals surface area contributed by atoms with Crippen molar-refractivity contribution in [2.24, 2.45) is 5.92 Å². The normalized spacial score (nSPS) is 13.5. The van der Waals surface area contributed by atoms with Crippen molar-refractivity contribution in [2.45, 2.75) is 31.1 Å². The van der Waals surface area contributed by atoms with E-state index in [9.17, 15) is 13.2 Å². The fourth-order valence-electron chi connectivity index (χ4n) is 3.18. The van der Waals surface area contributed by atoms with Crippen LogP contribution in [0.3, 0.4) is 0 Å². The lowest BCUT2D eigenvalue weighted by molar-refractivity contribution is 0.0937. The molecule has 0 radical (unpaired) electrons. The number of carbonyl (C=O) groups excluding carboxylic acids is 1. The van der Waals surface area contributed by atoms with Crippen LogP contribution in [0.1, 0.15) is 35.2 Å². The highest BCUT2D eigenvalue weighted by Crippen LogP contribution is 2.37. The second kappa shape index (κ2) is 11.1. The molecule has 0 spiro atoms. The quantitative estimate of drug-likeness (QED) is 0.430. The zero-order valence-electron chi connectivity index (χ0n) is 18.9. The Labute approximate surface area is 199 Å². The molecule has 0 unspecified atom stereocenters. The summed E-state index contributed by atoms with van der Waals surface area (Å²) in [6.45, 7) is 3.47. The third-order valence-corrected chi connectivity index (χ3v) is 7.06. The standard InChI is InChI=1S/C23H29ClN2O6S/c1-15-5-8-17(23(27)25-9-4-10-32-14-16-6-7-16)11-22(15)33(28,29)26-19-12-18(24)20(30-2)13-21(19)31-3/h5,8,11-13,16,26H,4,6-7,9-10,14H2,1-3H3,(H,25,27). The van der Waals surface area contributed by atoms with Gasteiger partial charge in [0.1, 0.15) is 11.5 Å². The minimum Gasteiger partial charge on any atom is -0.495 e. The van der Waals surface area contributed by atoms with Crippen LogP contribution in [-0.4, -0.2) is 48.3 Å². The molecule has 0 aliphatic heterocycles. The Hall–Kier alpha value is -2.49. The second-order valence-electron chi connectivity index (χ2n) is 7.90. The van der Waals surface area contributed by atoms with E-state index in [1.54, 1.807) is 19.1 Å². The van der Waals surface area contributed by atoms with Crippen molar-refractivity contribution >= 4 is 33.2 Å². The smallest absolute Gasteiger partial charge is 0.262 e. The van der Waals surface area contributed by atoms with Gasteiger partial charge >= 0.3 is 0 Å². The van der Waals surface area contributed by atoms with E-state index in [0.29, 0.717) is 36.8 Å². The fraction of sp³-hybridized carbons (Fsp3) is 0.435. The number of aryl methyl sites for hydroxylation is 1. The number of hydrogen-bond donors (Lipinski definition) is 2. The van der Waals surface area contributed by atoms with Crippen LogP contribution in [0.4, 0.5) is 5.69 Å². The molecule has 1 amide bonds. The number of benzene rings is 2. The number of halogens is 1. The van der Waals surface area contributed by atoms with Crippen LogP contribution < -0.4 is 19.5 Å². The maximum Gasteiger partial charge on any atom is 0.262 e. The van der Waals surface area contributed by atoms with Gasteiger partial charge in [-0.1, -0.05) is 17.7 Å². The summed E-state index contributed by atoms with van der Waals surface area (Å²) < 4.78 is 44.7. The van der Waals surface area contributed by atoms with Gasteiger partial charge in [0, 0.05) is 31.4 Å². The first-order chi connectivity index (χ1) is 15.7. The molecule has 180 valence electrons. The van der Waals surface area contributed by atoms with Crippen molar-refractivity contribution in [3.8, 4) is 11.5 Å². The van der Waals surface area contributed by atoms with Crippen LogP contribution in [0.15, 0.2) is 35.2 Å². The molecule has 2 aromatic rings. The number of sulfonamides is 1. The maximum absolute atomic E-state index is 13.1. The lowest BCUT2D eigenvalue weighted by Gasteiger charge is -2.16. The first kappa shape index (κ1) is 25.1. The number of amides is 1. The molecular formula is C23H29ClN2O6S. The van der Waals surface area contributed by atoms with Crippen LogP contribution in [0.2, 0.25) is 5.02 Å². The summed E-state index contributed by atoms with van der Waals surface area (Å²) in [6, 6.07) is 7.45. The molecule has 0 bridgehead atoms. The van der Waals surface area contributed by atoms with Crippen molar-refractivity contribution in [3.05, 3.63) is 46.5 Å². The van der Waals surface area contributed by atoms with E-state index in [0.717, 1.165) is 6.61 Å². The Balaban J connectivity index is 1.69. The predicted octanol–water partition coefficient (Wildman–Crippen LogP) is 4.01. The molecule has 0 heterocycles. The molecule has 1 aliphatic rings. The zero-order valence-corrected chi connectivity index (χ0v) is 20.5. The average Bonchev–Trinajstić information content (AvgIpc) is 3.60. The molecule has 1 fully saturated rings. The highest BCUT2D eigenvalue weighted by atomic mass is 35.5. The van der Waals surface area contributed by atoms with E-state index in [2.05, 4.69) is 10.0 Å². The first-order valence-corrected chi connectivity index (χ1v) is 12.5. The van der Waals surface area contributed by atoms with Crippen LogP contribution in [-0.2, 0) is 14.8 Å². The monoisotopic (exact) mass is 496 g/mol. The minimum atomic E-state index is -4.03. The van der Waals surface area contributed by atoms with Crippen LogP contribution >= 0.6 is 11.6 Å². The Kier molecular flexibility index (Phi) is 8.45. The molecular weight excluding hydrogens is 468 g/mol. The van der Waals surface area contributed by atoms with Crippen LogP contribution in [0.25, 0.3) is 0 Å². The molecule has 0 saturated heterocycles. The fourth-order valence-corrected chi connectivity index (χ4v) is 4.76. The van der Waals surface area contributed by atoms with Gasteiger partial charge in [-0.15, -0.1) is 0 Å². The van der Waals surface area contributed by atoms with Gasteiger partial charge < -0.3 is 19.5 Å². The Morgan fingerprint density at radius 3 is 2.52 bits per heavy atom. The Bertz CT molecular complexity index is 1100. The van der Waals surface area contributed by atoms with Gasteiger partial charge in [0.2, 0.25) is 0 Å². The van der Waals surface area contributed by atoms with Gasteiger partial charge in [-0.2, -0.15) is 0 Å². The lowest BCUT2D eigenvalue weighted by Crippen LogP contribution is -2.26. The topological polar surface area (TPSA) is 103 Å². The van der Waals surface area contributed by atoms with E-state index >= 15 is 0 Å². The lowest BCUT2D eigenvalue weighted by atomic mass is 10.1.